The zero-order valence-corrected chi connectivity index (χ0v) is 16.0. The van der Waals surface area contributed by atoms with Gasteiger partial charge in [0.05, 0.1) is 12.1 Å². The van der Waals surface area contributed by atoms with Crippen molar-refractivity contribution in [2.75, 3.05) is 13.1 Å². The van der Waals surface area contributed by atoms with Gasteiger partial charge in [0, 0.05) is 24.7 Å². The minimum atomic E-state index is -1.04. The summed E-state index contributed by atoms with van der Waals surface area (Å²) in [6, 6.07) is 0.137. The van der Waals surface area contributed by atoms with Crippen LogP contribution in [0.5, 0.6) is 5.88 Å². The normalized spacial score (nSPS) is 19.2. The molecule has 2 fully saturated rings. The van der Waals surface area contributed by atoms with Gasteiger partial charge in [-0.3, -0.25) is 4.68 Å². The summed E-state index contributed by atoms with van der Waals surface area (Å²) >= 11 is 0. The van der Waals surface area contributed by atoms with E-state index in [2.05, 4.69) is 5.10 Å². The Bertz CT molecular complexity index is 705. The van der Waals surface area contributed by atoms with Crippen LogP contribution in [0.3, 0.4) is 0 Å². The topological polar surface area (TPSA) is 93.9 Å². The van der Waals surface area contributed by atoms with E-state index in [4.69, 9.17) is 9.47 Å². The monoisotopic (exact) mass is 365 g/mol. The van der Waals surface area contributed by atoms with Gasteiger partial charge in [-0.05, 0) is 47.5 Å². The van der Waals surface area contributed by atoms with Crippen molar-refractivity contribution in [1.82, 2.24) is 14.7 Å². The van der Waals surface area contributed by atoms with E-state index in [9.17, 15) is 14.7 Å². The zero-order valence-electron chi connectivity index (χ0n) is 16.0. The minimum Gasteiger partial charge on any atom is -0.477 e. The summed E-state index contributed by atoms with van der Waals surface area (Å²) in [5.74, 6) is -0.877. The summed E-state index contributed by atoms with van der Waals surface area (Å²) < 4.78 is 12.6. The van der Waals surface area contributed by atoms with Crippen LogP contribution >= 0.6 is 0 Å². The number of hydrogen-bond donors (Lipinski definition) is 1. The minimum absolute atomic E-state index is 0.0867. The number of likely N-dealkylation sites (tertiary alicyclic amines) is 1. The lowest BCUT2D eigenvalue weighted by Gasteiger charge is -2.58. The van der Waals surface area contributed by atoms with Crippen LogP contribution in [0.15, 0.2) is 6.20 Å². The average Bonchev–Trinajstić information content (AvgIpc) is 2.76. The molecule has 1 aliphatic heterocycles. The lowest BCUT2D eigenvalue weighted by Crippen LogP contribution is -2.64. The maximum absolute atomic E-state index is 12.1. The summed E-state index contributed by atoms with van der Waals surface area (Å²) in [4.78, 5) is 25.2. The Morgan fingerprint density at radius 2 is 1.92 bits per heavy atom. The molecule has 0 radical (unpaired) electrons. The Morgan fingerprint density at radius 3 is 2.42 bits per heavy atom. The van der Waals surface area contributed by atoms with Gasteiger partial charge in [0.25, 0.3) is 0 Å². The second-order valence-corrected chi connectivity index (χ2v) is 8.70. The highest BCUT2D eigenvalue weighted by Gasteiger charge is 2.55. The SMILES string of the molecule is CC(C)Oc1nn(C2CC3(C2)CN(C(=O)OC(C)(C)C)C3)cc1C(=O)O. The van der Waals surface area contributed by atoms with E-state index in [1.54, 1.807) is 15.8 Å². The highest BCUT2D eigenvalue weighted by atomic mass is 16.6. The summed E-state index contributed by atoms with van der Waals surface area (Å²) in [6.45, 7) is 10.6. The standard InChI is InChI=1S/C18H27N3O5/c1-11(2)25-14-13(15(22)23)8-21(19-14)12-6-18(7-12)9-20(10-18)16(24)26-17(3,4)5/h8,11-12H,6-7,9-10H2,1-5H3,(H,22,23). The Labute approximate surface area is 153 Å². The quantitative estimate of drug-likeness (QED) is 0.882. The number of rotatable bonds is 4. The van der Waals surface area contributed by atoms with Gasteiger partial charge in [0.2, 0.25) is 5.88 Å². The largest absolute Gasteiger partial charge is 0.477 e. The molecular weight excluding hydrogens is 338 g/mol. The molecule has 1 aromatic rings. The number of hydrogen-bond acceptors (Lipinski definition) is 5. The number of nitrogens with zero attached hydrogens (tertiary/aromatic N) is 3. The maximum atomic E-state index is 12.1. The molecule has 2 aliphatic rings. The van der Waals surface area contributed by atoms with Crippen molar-refractivity contribution in [3.8, 4) is 5.88 Å². The molecule has 0 unspecified atom stereocenters. The van der Waals surface area contributed by atoms with Crippen molar-refractivity contribution < 1.29 is 24.2 Å². The smallest absolute Gasteiger partial charge is 0.410 e. The molecule has 1 saturated carbocycles. The molecule has 1 aromatic heterocycles. The summed E-state index contributed by atoms with van der Waals surface area (Å²) in [5.41, 5.74) is -0.295. The highest BCUT2D eigenvalue weighted by molar-refractivity contribution is 5.89. The third-order valence-corrected chi connectivity index (χ3v) is 4.69. The maximum Gasteiger partial charge on any atom is 0.410 e. The lowest BCUT2D eigenvalue weighted by atomic mass is 9.61. The van der Waals surface area contributed by atoms with Gasteiger partial charge in [-0.25, -0.2) is 9.59 Å². The third kappa shape index (κ3) is 3.64. The molecule has 0 aromatic carbocycles. The molecule has 2 heterocycles. The van der Waals surface area contributed by atoms with E-state index >= 15 is 0 Å². The van der Waals surface area contributed by atoms with Crippen molar-refractivity contribution >= 4 is 12.1 Å². The molecule has 0 bridgehead atoms. The van der Waals surface area contributed by atoms with Gasteiger partial charge in [-0.15, -0.1) is 5.10 Å². The van der Waals surface area contributed by atoms with Crippen LogP contribution < -0.4 is 4.74 Å². The van der Waals surface area contributed by atoms with Gasteiger partial charge >= 0.3 is 12.1 Å². The Kier molecular flexibility index (Phi) is 4.40. The number of carboxylic acids is 1. The number of ether oxygens (including phenoxy) is 2. The van der Waals surface area contributed by atoms with E-state index in [1.807, 2.05) is 34.6 Å². The molecule has 8 heteroatoms. The first-order valence-electron chi connectivity index (χ1n) is 8.95. The number of carboxylic acid groups (broad SMARTS) is 1. The number of carbonyl (C=O) groups is 2. The van der Waals surface area contributed by atoms with Crippen LogP contribution in [0.4, 0.5) is 4.79 Å². The number of carbonyl (C=O) groups excluding carboxylic acids is 1. The number of aromatic nitrogens is 2. The second-order valence-electron chi connectivity index (χ2n) is 8.70. The molecular formula is C18H27N3O5. The molecule has 1 aliphatic carbocycles. The van der Waals surface area contributed by atoms with E-state index in [-0.39, 0.29) is 35.1 Å². The summed E-state index contributed by atoms with van der Waals surface area (Å²) in [6.07, 6.45) is 2.87. The molecule has 1 N–H and O–H groups in total. The number of aromatic carboxylic acids is 1. The molecule has 8 nitrogen and oxygen atoms in total. The van der Waals surface area contributed by atoms with E-state index in [1.165, 1.54) is 0 Å². The van der Waals surface area contributed by atoms with Crippen LogP contribution in [0.25, 0.3) is 0 Å². The first kappa shape index (κ1) is 18.5. The lowest BCUT2D eigenvalue weighted by molar-refractivity contribution is -0.0929. The van der Waals surface area contributed by atoms with Crippen molar-refractivity contribution in [1.29, 1.82) is 0 Å². The van der Waals surface area contributed by atoms with E-state index in [0.717, 1.165) is 12.8 Å². The van der Waals surface area contributed by atoms with E-state index in [0.29, 0.717) is 13.1 Å². The predicted molar refractivity (Wildman–Crippen MR) is 93.5 cm³/mol. The summed E-state index contributed by atoms with van der Waals surface area (Å²) in [5, 5.41) is 13.7. The van der Waals surface area contributed by atoms with Crippen LogP contribution in [-0.2, 0) is 4.74 Å². The van der Waals surface area contributed by atoms with Gasteiger partial charge in [0.15, 0.2) is 0 Å². The van der Waals surface area contributed by atoms with E-state index < -0.39 is 11.6 Å². The first-order chi connectivity index (χ1) is 12.0. The molecule has 144 valence electrons. The van der Waals surface area contributed by atoms with Crippen LogP contribution in [0.1, 0.15) is 63.9 Å². The molecule has 1 amide bonds. The Hall–Kier alpha value is -2.25. The number of amides is 1. The van der Waals surface area contributed by atoms with Crippen molar-refractivity contribution in [3.05, 3.63) is 11.8 Å². The van der Waals surface area contributed by atoms with Crippen molar-refractivity contribution in [2.24, 2.45) is 5.41 Å². The zero-order chi connectivity index (χ0) is 19.3. The average molecular weight is 365 g/mol. The Balaban J connectivity index is 1.58. The van der Waals surface area contributed by atoms with Crippen molar-refractivity contribution in [2.45, 2.75) is 65.2 Å². The third-order valence-electron chi connectivity index (χ3n) is 4.69. The fourth-order valence-corrected chi connectivity index (χ4v) is 3.62. The molecule has 1 saturated heterocycles. The van der Waals surface area contributed by atoms with Gasteiger partial charge in [-0.1, -0.05) is 0 Å². The Morgan fingerprint density at radius 1 is 1.31 bits per heavy atom. The van der Waals surface area contributed by atoms with Crippen LogP contribution in [0.2, 0.25) is 0 Å². The molecule has 26 heavy (non-hydrogen) atoms. The summed E-state index contributed by atoms with van der Waals surface area (Å²) in [7, 11) is 0. The van der Waals surface area contributed by atoms with Crippen LogP contribution in [-0.4, -0.2) is 56.6 Å². The van der Waals surface area contributed by atoms with Gasteiger partial charge in [-0.2, -0.15) is 0 Å². The fraction of sp³-hybridized carbons (Fsp3) is 0.722. The van der Waals surface area contributed by atoms with Crippen LogP contribution in [0, 0.1) is 5.41 Å². The van der Waals surface area contributed by atoms with Crippen molar-refractivity contribution in [3.63, 3.8) is 0 Å². The molecule has 3 rings (SSSR count). The second kappa shape index (κ2) is 6.17. The fourth-order valence-electron chi connectivity index (χ4n) is 3.62. The molecule has 1 spiro atoms. The molecule has 0 atom stereocenters. The first-order valence-corrected chi connectivity index (χ1v) is 8.95. The van der Waals surface area contributed by atoms with Gasteiger partial charge < -0.3 is 19.5 Å². The van der Waals surface area contributed by atoms with Gasteiger partial charge in [0.1, 0.15) is 11.2 Å². The highest BCUT2D eigenvalue weighted by Crippen LogP contribution is 2.54. The predicted octanol–water partition coefficient (Wildman–Crippen LogP) is 2.94.